The predicted octanol–water partition coefficient (Wildman–Crippen LogP) is 3.55. The van der Waals surface area contributed by atoms with Crippen LogP contribution in [0, 0.1) is 11.7 Å². The van der Waals surface area contributed by atoms with E-state index in [4.69, 9.17) is 4.74 Å². The maximum Gasteiger partial charge on any atom is 0.123 e. The van der Waals surface area contributed by atoms with Crippen LogP contribution in [0.15, 0.2) is 24.3 Å². The fourth-order valence-corrected chi connectivity index (χ4v) is 2.36. The minimum absolute atomic E-state index is 0.144. The van der Waals surface area contributed by atoms with Crippen molar-refractivity contribution in [3.05, 3.63) is 35.6 Å². The van der Waals surface area contributed by atoms with E-state index in [-0.39, 0.29) is 11.9 Å². The first kappa shape index (κ1) is 15.5. The molecular weight excluding hydrogens is 253 g/mol. The lowest BCUT2D eigenvalue weighted by atomic mass is 9.96. The summed E-state index contributed by atoms with van der Waals surface area (Å²) in [6.07, 6.45) is 4.82. The van der Waals surface area contributed by atoms with Crippen LogP contribution in [0.1, 0.15) is 38.7 Å². The average molecular weight is 279 g/mol. The maximum atomic E-state index is 13.3. The van der Waals surface area contributed by atoms with Gasteiger partial charge in [-0.3, -0.25) is 0 Å². The molecule has 1 aromatic carbocycles. The number of rotatable bonds is 9. The van der Waals surface area contributed by atoms with E-state index in [0.29, 0.717) is 5.92 Å². The molecule has 0 amide bonds. The summed E-state index contributed by atoms with van der Waals surface area (Å²) < 4.78 is 18.9. The second-order valence-corrected chi connectivity index (χ2v) is 6.09. The highest BCUT2D eigenvalue weighted by atomic mass is 19.1. The van der Waals surface area contributed by atoms with Crippen molar-refractivity contribution in [3.63, 3.8) is 0 Å². The minimum atomic E-state index is -0.144. The van der Waals surface area contributed by atoms with E-state index in [0.717, 1.165) is 37.6 Å². The van der Waals surface area contributed by atoms with E-state index >= 15 is 0 Å². The van der Waals surface area contributed by atoms with Crippen LogP contribution in [0.4, 0.5) is 4.39 Å². The normalized spacial score (nSPS) is 16.6. The Morgan fingerprint density at radius 1 is 1.35 bits per heavy atom. The van der Waals surface area contributed by atoms with Gasteiger partial charge in [-0.2, -0.15) is 0 Å². The Labute approximate surface area is 121 Å². The molecule has 3 heteroatoms. The highest BCUT2D eigenvalue weighted by Gasteiger charge is 2.22. The average Bonchev–Trinajstić information content (AvgIpc) is 3.19. The summed E-state index contributed by atoms with van der Waals surface area (Å²) in [4.78, 5) is 0. The zero-order valence-corrected chi connectivity index (χ0v) is 12.6. The first-order chi connectivity index (χ1) is 9.63. The Hall–Kier alpha value is -0.930. The van der Waals surface area contributed by atoms with Gasteiger partial charge in [-0.05, 0) is 69.7 Å². The molecule has 0 heterocycles. The summed E-state index contributed by atoms with van der Waals surface area (Å²) in [5.41, 5.74) is 1.08. The fourth-order valence-electron chi connectivity index (χ4n) is 2.36. The van der Waals surface area contributed by atoms with Crippen LogP contribution in [-0.4, -0.2) is 25.3 Å². The third kappa shape index (κ3) is 6.02. The van der Waals surface area contributed by atoms with Crippen molar-refractivity contribution in [2.24, 2.45) is 5.92 Å². The van der Waals surface area contributed by atoms with E-state index in [9.17, 15) is 4.39 Å². The van der Waals surface area contributed by atoms with Gasteiger partial charge in [-0.25, -0.2) is 4.39 Å². The molecule has 1 aliphatic carbocycles. The van der Waals surface area contributed by atoms with Crippen LogP contribution in [0.3, 0.4) is 0 Å². The summed E-state index contributed by atoms with van der Waals surface area (Å²) >= 11 is 0. The third-order valence-corrected chi connectivity index (χ3v) is 3.66. The number of hydrogen-bond donors (Lipinski definition) is 1. The van der Waals surface area contributed by atoms with Gasteiger partial charge in [0.2, 0.25) is 0 Å². The topological polar surface area (TPSA) is 21.3 Å². The molecular formula is C17H26FNO. The van der Waals surface area contributed by atoms with Crippen LogP contribution in [0.25, 0.3) is 0 Å². The van der Waals surface area contributed by atoms with Crippen molar-refractivity contribution in [1.29, 1.82) is 0 Å². The zero-order chi connectivity index (χ0) is 14.4. The number of nitrogens with one attached hydrogen (secondary N) is 1. The standard InChI is InChI=1S/C17H26FNO/c1-13(2)20-9-8-15(12-19-17-6-7-17)10-14-4-3-5-16(18)11-14/h3-5,11,13,15,17,19H,6-10,12H2,1-2H3. The van der Waals surface area contributed by atoms with Crippen LogP contribution in [0.2, 0.25) is 0 Å². The van der Waals surface area contributed by atoms with Gasteiger partial charge in [0.1, 0.15) is 5.82 Å². The molecule has 0 spiro atoms. The smallest absolute Gasteiger partial charge is 0.123 e. The van der Waals surface area contributed by atoms with Gasteiger partial charge in [-0.1, -0.05) is 12.1 Å². The highest BCUT2D eigenvalue weighted by Crippen LogP contribution is 2.20. The van der Waals surface area contributed by atoms with Gasteiger partial charge in [0, 0.05) is 12.6 Å². The van der Waals surface area contributed by atoms with Crippen LogP contribution < -0.4 is 5.32 Å². The molecule has 1 aromatic rings. The molecule has 1 atom stereocenters. The molecule has 0 aliphatic heterocycles. The molecule has 112 valence electrons. The van der Waals surface area contributed by atoms with Crippen molar-refractivity contribution < 1.29 is 9.13 Å². The molecule has 1 N–H and O–H groups in total. The molecule has 1 fully saturated rings. The molecule has 20 heavy (non-hydrogen) atoms. The van der Waals surface area contributed by atoms with Gasteiger partial charge in [0.25, 0.3) is 0 Å². The second kappa shape index (κ2) is 7.75. The highest BCUT2D eigenvalue weighted by molar-refractivity contribution is 5.17. The van der Waals surface area contributed by atoms with Gasteiger partial charge in [0.05, 0.1) is 6.10 Å². The number of ether oxygens (including phenoxy) is 1. The molecule has 0 radical (unpaired) electrons. The summed E-state index contributed by atoms with van der Waals surface area (Å²) in [5.74, 6) is 0.367. The lowest BCUT2D eigenvalue weighted by Crippen LogP contribution is -2.27. The van der Waals surface area contributed by atoms with Crippen LogP contribution >= 0.6 is 0 Å². The summed E-state index contributed by atoms with van der Waals surface area (Å²) in [6, 6.07) is 7.67. The molecule has 0 saturated heterocycles. The van der Waals surface area contributed by atoms with E-state index in [1.54, 1.807) is 12.1 Å². The van der Waals surface area contributed by atoms with Crippen LogP contribution in [0.5, 0.6) is 0 Å². The number of halogens is 1. The lowest BCUT2D eigenvalue weighted by Gasteiger charge is -2.19. The van der Waals surface area contributed by atoms with Gasteiger partial charge < -0.3 is 10.1 Å². The van der Waals surface area contributed by atoms with Crippen molar-refractivity contribution in [1.82, 2.24) is 5.32 Å². The lowest BCUT2D eigenvalue weighted by molar-refractivity contribution is 0.0682. The van der Waals surface area contributed by atoms with Crippen molar-refractivity contribution >= 4 is 0 Å². The van der Waals surface area contributed by atoms with E-state index in [1.807, 2.05) is 6.07 Å². The van der Waals surface area contributed by atoms with Crippen molar-refractivity contribution in [3.8, 4) is 0 Å². The first-order valence-electron chi connectivity index (χ1n) is 7.73. The zero-order valence-electron chi connectivity index (χ0n) is 12.6. The summed E-state index contributed by atoms with van der Waals surface area (Å²) in [5, 5.41) is 3.58. The molecule has 2 nitrogen and oxygen atoms in total. The Balaban J connectivity index is 1.83. The quantitative estimate of drug-likeness (QED) is 0.746. The number of benzene rings is 1. The SMILES string of the molecule is CC(C)OCCC(CNC1CC1)Cc1cccc(F)c1. The van der Waals surface area contributed by atoms with E-state index in [2.05, 4.69) is 19.2 Å². The molecule has 2 rings (SSSR count). The summed E-state index contributed by atoms with van der Waals surface area (Å²) in [6.45, 7) is 5.90. The van der Waals surface area contributed by atoms with E-state index in [1.165, 1.54) is 18.9 Å². The first-order valence-corrected chi connectivity index (χ1v) is 7.73. The largest absolute Gasteiger partial charge is 0.379 e. The Morgan fingerprint density at radius 2 is 2.15 bits per heavy atom. The van der Waals surface area contributed by atoms with Gasteiger partial charge in [0.15, 0.2) is 0 Å². The Kier molecular flexibility index (Phi) is 5.99. The minimum Gasteiger partial charge on any atom is -0.379 e. The third-order valence-electron chi connectivity index (χ3n) is 3.66. The van der Waals surface area contributed by atoms with Crippen LogP contribution in [-0.2, 0) is 11.2 Å². The molecule has 1 unspecified atom stereocenters. The Morgan fingerprint density at radius 3 is 2.80 bits per heavy atom. The molecule has 0 aromatic heterocycles. The molecule has 0 bridgehead atoms. The number of hydrogen-bond acceptors (Lipinski definition) is 2. The van der Waals surface area contributed by atoms with Crippen molar-refractivity contribution in [2.75, 3.05) is 13.2 Å². The van der Waals surface area contributed by atoms with Gasteiger partial charge in [-0.15, -0.1) is 0 Å². The molecule has 1 saturated carbocycles. The fraction of sp³-hybridized carbons (Fsp3) is 0.647. The van der Waals surface area contributed by atoms with E-state index < -0.39 is 0 Å². The second-order valence-electron chi connectivity index (χ2n) is 6.09. The summed E-state index contributed by atoms with van der Waals surface area (Å²) in [7, 11) is 0. The van der Waals surface area contributed by atoms with Gasteiger partial charge >= 0.3 is 0 Å². The predicted molar refractivity (Wildman–Crippen MR) is 80.3 cm³/mol. The maximum absolute atomic E-state index is 13.3. The monoisotopic (exact) mass is 279 g/mol. The Bertz CT molecular complexity index is 404. The molecule has 1 aliphatic rings. The van der Waals surface area contributed by atoms with Crippen molar-refractivity contribution in [2.45, 2.75) is 51.7 Å².